The van der Waals surface area contributed by atoms with Crippen molar-refractivity contribution in [3.8, 4) is 0 Å². The molecule has 120 valence electrons. The van der Waals surface area contributed by atoms with Gasteiger partial charge in [-0.2, -0.15) is 0 Å². The molecule has 0 radical (unpaired) electrons. The molecular weight excluding hydrogens is 296 g/mol. The number of thiophene rings is 1. The molecule has 1 atom stereocenters. The molecule has 1 aromatic heterocycles. The topological polar surface area (TPSA) is 40.6 Å². The van der Waals surface area contributed by atoms with E-state index >= 15 is 0 Å². The first-order valence-corrected chi connectivity index (χ1v) is 9.28. The van der Waals surface area contributed by atoms with E-state index in [1.165, 1.54) is 30.6 Å². The summed E-state index contributed by atoms with van der Waals surface area (Å²) in [5.41, 5.74) is 0. The van der Waals surface area contributed by atoms with Crippen LogP contribution in [0.5, 0.6) is 0 Å². The van der Waals surface area contributed by atoms with Crippen LogP contribution in [0, 0.1) is 0 Å². The number of amides is 2. The van der Waals surface area contributed by atoms with E-state index in [4.69, 9.17) is 0 Å². The van der Waals surface area contributed by atoms with Gasteiger partial charge in [-0.1, -0.05) is 25.3 Å². The molecule has 0 saturated carbocycles. The second-order valence-electron chi connectivity index (χ2n) is 6.23. The smallest absolute Gasteiger partial charge is 0.264 e. The molecule has 0 aliphatic carbocycles. The van der Waals surface area contributed by atoms with Gasteiger partial charge in [0.15, 0.2) is 0 Å². The molecule has 2 fully saturated rings. The standard InChI is InChI=1S/C17H24N2O2S/c20-16(18-10-4-2-1-3-5-11-18)14-8-6-12-19(14)17(21)15-9-7-13-22-15/h7,9,13-14H,1-6,8,10-12H2. The molecule has 3 heterocycles. The van der Waals surface area contributed by atoms with Crippen LogP contribution in [0.25, 0.3) is 0 Å². The number of likely N-dealkylation sites (tertiary alicyclic amines) is 2. The van der Waals surface area contributed by atoms with Crippen molar-refractivity contribution >= 4 is 23.2 Å². The van der Waals surface area contributed by atoms with Crippen LogP contribution < -0.4 is 0 Å². The quantitative estimate of drug-likeness (QED) is 0.840. The molecule has 0 N–H and O–H groups in total. The summed E-state index contributed by atoms with van der Waals surface area (Å²) in [4.78, 5) is 30.0. The summed E-state index contributed by atoms with van der Waals surface area (Å²) in [6.45, 7) is 2.42. The van der Waals surface area contributed by atoms with Crippen LogP contribution >= 0.6 is 11.3 Å². The first kappa shape index (κ1) is 15.5. The minimum Gasteiger partial charge on any atom is -0.341 e. The van der Waals surface area contributed by atoms with Crippen molar-refractivity contribution in [3.63, 3.8) is 0 Å². The fourth-order valence-corrected chi connectivity index (χ4v) is 4.17. The van der Waals surface area contributed by atoms with Crippen molar-refractivity contribution in [1.29, 1.82) is 0 Å². The molecule has 0 aromatic carbocycles. The van der Waals surface area contributed by atoms with E-state index < -0.39 is 0 Å². The predicted octanol–water partition coefficient (Wildman–Crippen LogP) is 3.15. The maximum atomic E-state index is 12.9. The molecule has 2 aliphatic heterocycles. The van der Waals surface area contributed by atoms with Crippen molar-refractivity contribution in [2.24, 2.45) is 0 Å². The van der Waals surface area contributed by atoms with E-state index in [2.05, 4.69) is 0 Å². The fourth-order valence-electron chi connectivity index (χ4n) is 3.49. The van der Waals surface area contributed by atoms with Crippen LogP contribution in [0.4, 0.5) is 0 Å². The van der Waals surface area contributed by atoms with Gasteiger partial charge >= 0.3 is 0 Å². The van der Waals surface area contributed by atoms with Gasteiger partial charge in [0.25, 0.3) is 5.91 Å². The summed E-state index contributed by atoms with van der Waals surface area (Å²) < 4.78 is 0. The first-order chi connectivity index (χ1) is 10.8. The molecule has 22 heavy (non-hydrogen) atoms. The lowest BCUT2D eigenvalue weighted by molar-refractivity contribution is -0.135. The molecule has 0 spiro atoms. The minimum atomic E-state index is -0.242. The second-order valence-corrected chi connectivity index (χ2v) is 7.17. The van der Waals surface area contributed by atoms with Gasteiger partial charge < -0.3 is 9.80 Å². The van der Waals surface area contributed by atoms with Crippen LogP contribution in [0.1, 0.15) is 54.6 Å². The van der Waals surface area contributed by atoms with Gasteiger partial charge in [-0.3, -0.25) is 9.59 Å². The Bertz CT molecular complexity index is 507. The molecular formula is C17H24N2O2S. The van der Waals surface area contributed by atoms with Crippen LogP contribution in [-0.2, 0) is 4.79 Å². The van der Waals surface area contributed by atoms with Gasteiger partial charge in [0.1, 0.15) is 6.04 Å². The van der Waals surface area contributed by atoms with E-state index in [0.29, 0.717) is 6.54 Å². The highest BCUT2D eigenvalue weighted by Gasteiger charge is 2.37. The lowest BCUT2D eigenvalue weighted by atomic mass is 10.1. The van der Waals surface area contributed by atoms with E-state index in [9.17, 15) is 9.59 Å². The van der Waals surface area contributed by atoms with Crippen molar-refractivity contribution in [1.82, 2.24) is 9.80 Å². The van der Waals surface area contributed by atoms with Gasteiger partial charge in [0, 0.05) is 19.6 Å². The summed E-state index contributed by atoms with van der Waals surface area (Å²) in [5.74, 6) is 0.196. The number of carbonyl (C=O) groups is 2. The lowest BCUT2D eigenvalue weighted by Gasteiger charge is -2.31. The molecule has 5 heteroatoms. The largest absolute Gasteiger partial charge is 0.341 e. The highest BCUT2D eigenvalue weighted by Crippen LogP contribution is 2.24. The van der Waals surface area contributed by atoms with Crippen LogP contribution in [0.3, 0.4) is 0 Å². The van der Waals surface area contributed by atoms with Crippen LogP contribution in [0.2, 0.25) is 0 Å². The average Bonchev–Trinajstić information content (AvgIpc) is 3.17. The lowest BCUT2D eigenvalue weighted by Crippen LogP contribution is -2.48. The number of hydrogen-bond acceptors (Lipinski definition) is 3. The number of hydrogen-bond donors (Lipinski definition) is 0. The molecule has 2 amide bonds. The van der Waals surface area contributed by atoms with Crippen LogP contribution in [-0.4, -0.2) is 47.3 Å². The average molecular weight is 320 g/mol. The molecule has 1 aromatic rings. The Morgan fingerprint density at radius 3 is 2.41 bits per heavy atom. The normalized spacial score (nSPS) is 23.2. The van der Waals surface area contributed by atoms with Gasteiger partial charge in [-0.25, -0.2) is 0 Å². The monoisotopic (exact) mass is 320 g/mol. The molecule has 0 bridgehead atoms. The van der Waals surface area contributed by atoms with E-state index in [1.807, 2.05) is 22.4 Å². The molecule has 1 unspecified atom stereocenters. The Kier molecular flexibility index (Phi) is 5.13. The molecule has 3 rings (SSSR count). The Morgan fingerprint density at radius 2 is 1.73 bits per heavy atom. The summed E-state index contributed by atoms with van der Waals surface area (Å²) in [5, 5.41) is 1.92. The Labute approximate surface area is 136 Å². The number of nitrogens with zero attached hydrogens (tertiary/aromatic N) is 2. The summed E-state index contributed by atoms with van der Waals surface area (Å²) in [7, 11) is 0. The summed E-state index contributed by atoms with van der Waals surface area (Å²) >= 11 is 1.46. The van der Waals surface area contributed by atoms with Gasteiger partial charge in [-0.05, 0) is 37.1 Å². The maximum absolute atomic E-state index is 12.9. The first-order valence-electron chi connectivity index (χ1n) is 8.40. The van der Waals surface area contributed by atoms with Crippen molar-refractivity contribution in [2.45, 2.75) is 51.0 Å². The molecule has 2 saturated heterocycles. The SMILES string of the molecule is O=C(C1CCCN1C(=O)c1cccs1)N1CCCCCCC1. The van der Waals surface area contributed by atoms with Gasteiger partial charge in [0.05, 0.1) is 4.88 Å². The zero-order chi connectivity index (χ0) is 15.4. The van der Waals surface area contributed by atoms with Crippen molar-refractivity contribution in [2.75, 3.05) is 19.6 Å². The molecule has 2 aliphatic rings. The van der Waals surface area contributed by atoms with Gasteiger partial charge in [0.2, 0.25) is 5.91 Å². The van der Waals surface area contributed by atoms with E-state index in [1.54, 1.807) is 4.90 Å². The van der Waals surface area contributed by atoms with E-state index in [0.717, 1.165) is 43.6 Å². The third kappa shape index (κ3) is 3.35. The highest BCUT2D eigenvalue weighted by atomic mass is 32.1. The third-order valence-corrected chi connectivity index (χ3v) is 5.56. The molecule has 4 nitrogen and oxygen atoms in total. The Morgan fingerprint density at radius 1 is 1.00 bits per heavy atom. The number of carbonyl (C=O) groups excluding carboxylic acids is 2. The minimum absolute atomic E-state index is 0.0258. The van der Waals surface area contributed by atoms with Crippen molar-refractivity contribution < 1.29 is 9.59 Å². The highest BCUT2D eigenvalue weighted by molar-refractivity contribution is 7.12. The van der Waals surface area contributed by atoms with Gasteiger partial charge in [-0.15, -0.1) is 11.3 Å². The summed E-state index contributed by atoms with van der Waals surface area (Å²) in [6.07, 6.45) is 7.65. The zero-order valence-corrected chi connectivity index (χ0v) is 13.8. The summed E-state index contributed by atoms with van der Waals surface area (Å²) in [6, 6.07) is 3.50. The number of rotatable bonds is 2. The third-order valence-electron chi connectivity index (χ3n) is 4.70. The fraction of sp³-hybridized carbons (Fsp3) is 0.647. The second kappa shape index (κ2) is 7.27. The van der Waals surface area contributed by atoms with Crippen molar-refractivity contribution in [3.05, 3.63) is 22.4 Å². The van der Waals surface area contributed by atoms with E-state index in [-0.39, 0.29) is 17.9 Å². The predicted molar refractivity (Wildman–Crippen MR) is 88.0 cm³/mol. The Balaban J connectivity index is 1.69. The Hall–Kier alpha value is -1.36. The van der Waals surface area contributed by atoms with Crippen LogP contribution in [0.15, 0.2) is 17.5 Å². The zero-order valence-electron chi connectivity index (χ0n) is 13.0. The maximum Gasteiger partial charge on any atom is 0.264 e.